The van der Waals surface area contributed by atoms with E-state index in [1.165, 1.54) is 12.1 Å². The maximum absolute atomic E-state index is 13.0. The maximum atomic E-state index is 13.0. The largest absolute Gasteiger partial charge is 0.352 e. The van der Waals surface area contributed by atoms with E-state index in [-0.39, 0.29) is 29.5 Å². The number of carbonyl (C=O) groups excluding carboxylic acids is 1. The summed E-state index contributed by atoms with van der Waals surface area (Å²) in [7, 11) is -8.83. The average molecular weight is 608 g/mol. The van der Waals surface area contributed by atoms with Gasteiger partial charge in [-0.2, -0.15) is 8.97 Å². The topological polar surface area (TPSA) is 132 Å². The number of rotatable bonds is 10. The van der Waals surface area contributed by atoms with Gasteiger partial charge in [0.05, 0.1) is 23.0 Å². The third-order valence-corrected chi connectivity index (χ3v) is 11.9. The van der Waals surface area contributed by atoms with Crippen LogP contribution in [0.25, 0.3) is 11.1 Å². The summed E-state index contributed by atoms with van der Waals surface area (Å²) in [5.41, 5.74) is 2.29. The second kappa shape index (κ2) is 10.5. The molecule has 1 saturated heterocycles. The third-order valence-electron chi connectivity index (χ3n) is 8.46. The first kappa shape index (κ1) is 28.4. The van der Waals surface area contributed by atoms with Gasteiger partial charge in [0.25, 0.3) is 20.0 Å². The zero-order valence-corrected chi connectivity index (χ0v) is 24.9. The van der Waals surface area contributed by atoms with Gasteiger partial charge in [-0.15, -0.1) is 0 Å². The van der Waals surface area contributed by atoms with Crippen LogP contribution in [-0.2, 0) is 24.8 Å². The van der Waals surface area contributed by atoms with Gasteiger partial charge in [-0.05, 0) is 68.2 Å². The van der Waals surface area contributed by atoms with Gasteiger partial charge in [0.15, 0.2) is 0 Å². The van der Waals surface area contributed by atoms with Crippen LogP contribution in [-0.4, -0.2) is 58.3 Å². The Labute approximate surface area is 247 Å². The highest BCUT2D eigenvalue weighted by atomic mass is 32.3. The van der Waals surface area contributed by atoms with E-state index in [1.54, 1.807) is 18.2 Å². The molecule has 0 spiro atoms. The molecule has 2 aromatic rings. The normalized spacial score (nSPS) is 21.0. The first-order valence-corrected chi connectivity index (χ1v) is 17.2. The number of pyridine rings is 1. The predicted molar refractivity (Wildman–Crippen MR) is 160 cm³/mol. The van der Waals surface area contributed by atoms with E-state index in [2.05, 4.69) is 29.0 Å². The molecule has 0 bridgehead atoms. The molecule has 42 heavy (non-hydrogen) atoms. The fraction of sp³-hybridized carbons (Fsp3) is 0.433. The van der Waals surface area contributed by atoms with E-state index in [0.29, 0.717) is 62.6 Å². The highest BCUT2D eigenvalue weighted by Gasteiger charge is 2.45. The summed E-state index contributed by atoms with van der Waals surface area (Å²) in [5.74, 6) is 1.69. The number of hydrogen-bond acceptors (Lipinski definition) is 8. The van der Waals surface area contributed by atoms with Gasteiger partial charge < -0.3 is 9.80 Å². The van der Waals surface area contributed by atoms with Crippen molar-refractivity contribution < 1.29 is 21.6 Å². The predicted octanol–water partition coefficient (Wildman–Crippen LogP) is 4.09. The van der Waals surface area contributed by atoms with Gasteiger partial charge in [0.2, 0.25) is 5.91 Å². The molecule has 1 aliphatic heterocycles. The van der Waals surface area contributed by atoms with Crippen molar-refractivity contribution in [3.05, 3.63) is 65.6 Å². The smallest absolute Gasteiger partial charge is 0.270 e. The van der Waals surface area contributed by atoms with Crippen LogP contribution < -0.4 is 8.61 Å². The standard InChI is InChI=1S/C30H33N5O5S2/c1-3-41(37,38)35(42(39,40)4-2)25-7-5-6-23(16-25)26-17-24(18-31)29(32-28(26)21-10-11-21)33-14-15-34(30(36)22-12-13-22)27(19-33)20-8-9-20/h3-7,16-17,20-22,27H,1-2,8-15,19H2. The number of amides is 1. The number of hydrogen-bond donors (Lipinski definition) is 0. The van der Waals surface area contributed by atoms with Crippen molar-refractivity contribution >= 4 is 37.5 Å². The minimum atomic E-state index is -4.41. The number of nitriles is 1. The monoisotopic (exact) mass is 607 g/mol. The van der Waals surface area contributed by atoms with E-state index in [4.69, 9.17) is 4.98 Å². The summed E-state index contributed by atoms with van der Waals surface area (Å²) >= 11 is 0. The fourth-order valence-corrected chi connectivity index (χ4v) is 8.44. The third kappa shape index (κ3) is 5.31. The molecule has 4 fully saturated rings. The Kier molecular flexibility index (Phi) is 7.14. The Morgan fingerprint density at radius 3 is 2.26 bits per heavy atom. The number of nitrogens with zero attached hydrogens (tertiary/aromatic N) is 5. The summed E-state index contributed by atoms with van der Waals surface area (Å²) in [4.78, 5) is 22.3. The van der Waals surface area contributed by atoms with Gasteiger partial charge in [-0.25, -0.2) is 21.8 Å². The lowest BCUT2D eigenvalue weighted by Gasteiger charge is -2.43. The second-order valence-electron chi connectivity index (χ2n) is 11.5. The molecular formula is C30H33N5O5S2. The highest BCUT2D eigenvalue weighted by Crippen LogP contribution is 2.46. The van der Waals surface area contributed by atoms with E-state index < -0.39 is 20.0 Å². The quantitative estimate of drug-likeness (QED) is 0.395. The van der Waals surface area contributed by atoms with E-state index in [9.17, 15) is 26.9 Å². The summed E-state index contributed by atoms with van der Waals surface area (Å²) in [6.07, 6.45) is 6.02. The molecule has 1 amide bonds. The van der Waals surface area contributed by atoms with Crippen LogP contribution in [0.1, 0.15) is 55.7 Å². The highest BCUT2D eigenvalue weighted by molar-refractivity contribution is 8.12. The lowest BCUT2D eigenvalue weighted by atomic mass is 9.98. The zero-order chi connectivity index (χ0) is 29.8. The molecule has 0 N–H and O–H groups in total. The van der Waals surface area contributed by atoms with Crippen molar-refractivity contribution in [2.45, 2.75) is 50.5 Å². The second-order valence-corrected chi connectivity index (χ2v) is 15.2. The molecule has 3 aliphatic carbocycles. The van der Waals surface area contributed by atoms with Gasteiger partial charge in [-0.3, -0.25) is 4.79 Å². The van der Waals surface area contributed by atoms with Crippen molar-refractivity contribution in [3.8, 4) is 17.2 Å². The minimum Gasteiger partial charge on any atom is -0.352 e. The number of anilines is 2. The van der Waals surface area contributed by atoms with Crippen molar-refractivity contribution in [2.75, 3.05) is 28.2 Å². The van der Waals surface area contributed by atoms with Gasteiger partial charge in [0, 0.05) is 47.8 Å². The molecule has 0 radical (unpaired) electrons. The number of piperazine rings is 1. The van der Waals surface area contributed by atoms with Crippen LogP contribution in [0.2, 0.25) is 0 Å². The molecule has 1 unspecified atom stereocenters. The van der Waals surface area contributed by atoms with Gasteiger partial charge in [0.1, 0.15) is 11.9 Å². The van der Waals surface area contributed by atoms with Gasteiger partial charge >= 0.3 is 0 Å². The molecule has 1 aromatic heterocycles. The van der Waals surface area contributed by atoms with Crippen molar-refractivity contribution in [3.63, 3.8) is 0 Å². The molecule has 4 aliphatic rings. The number of sulfonamides is 2. The Morgan fingerprint density at radius 2 is 1.69 bits per heavy atom. The van der Waals surface area contributed by atoms with Crippen LogP contribution in [0.15, 0.2) is 54.3 Å². The lowest BCUT2D eigenvalue weighted by molar-refractivity contribution is -0.135. The van der Waals surface area contributed by atoms with Crippen LogP contribution in [0.4, 0.5) is 11.5 Å². The molecular weight excluding hydrogens is 574 g/mol. The van der Waals surface area contributed by atoms with Crippen LogP contribution in [0.3, 0.4) is 0 Å². The Balaban J connectivity index is 1.38. The molecule has 1 aromatic carbocycles. The minimum absolute atomic E-state index is 0.0969. The van der Waals surface area contributed by atoms with E-state index >= 15 is 0 Å². The summed E-state index contributed by atoms with van der Waals surface area (Å²) < 4.78 is 51.3. The molecule has 6 rings (SSSR count). The summed E-state index contributed by atoms with van der Waals surface area (Å²) in [5, 5.41) is 11.4. The number of aromatic nitrogens is 1. The fourth-order valence-electron chi connectivity index (χ4n) is 5.83. The van der Waals surface area contributed by atoms with Crippen LogP contribution in [0.5, 0.6) is 0 Å². The number of carbonyl (C=O) groups is 1. The maximum Gasteiger partial charge on any atom is 0.270 e. The molecule has 1 atom stereocenters. The van der Waals surface area contributed by atoms with Crippen molar-refractivity contribution in [2.24, 2.45) is 11.8 Å². The van der Waals surface area contributed by atoms with Crippen molar-refractivity contribution in [1.82, 2.24) is 9.88 Å². The molecule has 2 heterocycles. The summed E-state index contributed by atoms with van der Waals surface area (Å²) in [6, 6.07) is 10.4. The van der Waals surface area contributed by atoms with E-state index in [0.717, 1.165) is 44.2 Å². The van der Waals surface area contributed by atoms with Crippen molar-refractivity contribution in [1.29, 1.82) is 5.26 Å². The van der Waals surface area contributed by atoms with Crippen LogP contribution in [0, 0.1) is 23.2 Å². The van der Waals surface area contributed by atoms with Gasteiger partial charge in [-0.1, -0.05) is 25.3 Å². The first-order chi connectivity index (χ1) is 20.1. The molecule has 12 heteroatoms. The Hall–Kier alpha value is -3.69. The zero-order valence-electron chi connectivity index (χ0n) is 23.2. The molecule has 3 saturated carbocycles. The lowest BCUT2D eigenvalue weighted by Crippen LogP contribution is -2.57. The summed E-state index contributed by atoms with van der Waals surface area (Å²) in [6.45, 7) is 8.39. The Bertz CT molecular complexity index is 1680. The Morgan fingerprint density at radius 1 is 1.00 bits per heavy atom. The molecule has 220 valence electrons. The number of benzene rings is 1. The van der Waals surface area contributed by atoms with Crippen LogP contribution >= 0.6 is 0 Å². The SMILES string of the molecule is C=CS(=O)(=O)N(c1cccc(-c2cc(C#N)c(N3CCN(C(=O)C4CC4)C(C4CC4)C3)nc2C2CC2)c1)S(=O)(=O)C=C. The van der Waals surface area contributed by atoms with E-state index in [1.807, 2.05) is 0 Å². The molecule has 10 nitrogen and oxygen atoms in total. The average Bonchev–Trinajstić information content (AvgIpc) is 3.84. The first-order valence-electron chi connectivity index (χ1n) is 14.2.